The second-order valence-electron chi connectivity index (χ2n) is 3.64. The molecule has 1 atom stereocenters. The fourth-order valence-electron chi connectivity index (χ4n) is 1.65. The molecule has 1 fully saturated rings. The summed E-state index contributed by atoms with van der Waals surface area (Å²) in [5.41, 5.74) is 5.24. The van der Waals surface area contributed by atoms with Crippen LogP contribution in [0.15, 0.2) is 0 Å². The minimum Gasteiger partial charge on any atom is -0.392 e. The number of hydrogen-bond acceptors (Lipinski definition) is 3. The van der Waals surface area contributed by atoms with Gasteiger partial charge in [0, 0.05) is 13.1 Å². The van der Waals surface area contributed by atoms with Crippen molar-refractivity contribution in [2.45, 2.75) is 19.8 Å². The molecule has 0 aromatic carbocycles. The van der Waals surface area contributed by atoms with Crippen molar-refractivity contribution in [3.05, 3.63) is 0 Å². The normalized spacial score (nSPS) is 23.9. The first-order valence-corrected chi connectivity index (χ1v) is 6.73. The molecule has 1 aliphatic rings. The number of nitrogens with zero attached hydrogens (tertiary/aromatic N) is 1. The molecular formula is C8H16N2O2S2. The monoisotopic (exact) mass is 236 g/mol. The fourth-order valence-corrected chi connectivity index (χ4v) is 3.46. The molecule has 0 amide bonds. The molecule has 0 aromatic rings. The molecule has 2 N–H and O–H groups in total. The van der Waals surface area contributed by atoms with E-state index in [0.29, 0.717) is 19.0 Å². The first kappa shape index (κ1) is 11.9. The van der Waals surface area contributed by atoms with Crippen molar-refractivity contribution in [2.75, 3.05) is 18.8 Å². The number of sulfonamides is 1. The van der Waals surface area contributed by atoms with Gasteiger partial charge in [-0.3, -0.25) is 0 Å². The zero-order chi connectivity index (χ0) is 10.8. The van der Waals surface area contributed by atoms with Crippen LogP contribution >= 0.6 is 12.2 Å². The second-order valence-corrected chi connectivity index (χ2v) is 6.14. The topological polar surface area (TPSA) is 63.4 Å². The van der Waals surface area contributed by atoms with Crippen LogP contribution in [0.2, 0.25) is 0 Å². The molecule has 6 heteroatoms. The zero-order valence-electron chi connectivity index (χ0n) is 8.27. The summed E-state index contributed by atoms with van der Waals surface area (Å²) in [4.78, 5) is 0.0462. The van der Waals surface area contributed by atoms with Gasteiger partial charge in [0.05, 0.1) is 4.99 Å². The molecule has 1 heterocycles. The number of hydrogen-bond donors (Lipinski definition) is 1. The molecule has 0 spiro atoms. The van der Waals surface area contributed by atoms with Crippen LogP contribution in [-0.2, 0) is 10.0 Å². The summed E-state index contributed by atoms with van der Waals surface area (Å²) in [6, 6.07) is 0. The van der Waals surface area contributed by atoms with Gasteiger partial charge in [-0.25, -0.2) is 12.7 Å². The van der Waals surface area contributed by atoms with Gasteiger partial charge in [0.15, 0.2) is 0 Å². The van der Waals surface area contributed by atoms with E-state index < -0.39 is 10.0 Å². The lowest BCUT2D eigenvalue weighted by atomic mass is 10.1. The van der Waals surface area contributed by atoms with Gasteiger partial charge in [-0.05, 0) is 12.3 Å². The van der Waals surface area contributed by atoms with Crippen molar-refractivity contribution < 1.29 is 8.42 Å². The summed E-state index contributed by atoms with van der Waals surface area (Å²) in [6.07, 6.45) is 1.98. The van der Waals surface area contributed by atoms with E-state index in [0.717, 1.165) is 12.8 Å². The Bertz CT molecular complexity index is 313. The Balaban J connectivity index is 2.62. The van der Waals surface area contributed by atoms with E-state index in [-0.39, 0.29) is 10.7 Å². The van der Waals surface area contributed by atoms with E-state index in [1.165, 1.54) is 4.31 Å². The number of nitrogens with two attached hydrogens (primary N) is 1. The van der Waals surface area contributed by atoms with Gasteiger partial charge in [0.2, 0.25) is 10.0 Å². The molecule has 82 valence electrons. The summed E-state index contributed by atoms with van der Waals surface area (Å²) in [7, 11) is -3.24. The number of rotatable bonds is 4. The van der Waals surface area contributed by atoms with Crippen LogP contribution in [0.3, 0.4) is 0 Å². The van der Waals surface area contributed by atoms with E-state index in [4.69, 9.17) is 5.73 Å². The Hall–Kier alpha value is -0.200. The minimum absolute atomic E-state index is 0.0462. The van der Waals surface area contributed by atoms with E-state index in [2.05, 4.69) is 19.1 Å². The maximum absolute atomic E-state index is 11.7. The van der Waals surface area contributed by atoms with E-state index in [1.807, 2.05) is 0 Å². The molecule has 4 nitrogen and oxygen atoms in total. The van der Waals surface area contributed by atoms with Crippen LogP contribution in [-0.4, -0.2) is 36.6 Å². The SMILES string of the molecule is CCC1CCN(S(=O)(=O)CC(N)=S)C1. The van der Waals surface area contributed by atoms with Crippen molar-refractivity contribution in [2.24, 2.45) is 11.7 Å². The van der Waals surface area contributed by atoms with Gasteiger partial charge in [0.25, 0.3) is 0 Å². The predicted octanol–water partition coefficient (Wildman–Crippen LogP) is 0.334. The smallest absolute Gasteiger partial charge is 0.220 e. The lowest BCUT2D eigenvalue weighted by Crippen LogP contribution is -2.35. The van der Waals surface area contributed by atoms with Gasteiger partial charge in [-0.1, -0.05) is 25.6 Å². The summed E-state index contributed by atoms with van der Waals surface area (Å²) >= 11 is 4.61. The average Bonchev–Trinajstić information content (AvgIpc) is 2.49. The zero-order valence-corrected chi connectivity index (χ0v) is 9.90. The highest BCUT2D eigenvalue weighted by molar-refractivity contribution is 7.92. The van der Waals surface area contributed by atoms with Crippen molar-refractivity contribution in [1.82, 2.24) is 4.31 Å². The maximum atomic E-state index is 11.7. The highest BCUT2D eigenvalue weighted by Crippen LogP contribution is 2.21. The summed E-state index contributed by atoms with van der Waals surface area (Å²) in [5, 5.41) is 0. The van der Waals surface area contributed by atoms with Gasteiger partial charge in [-0.2, -0.15) is 0 Å². The Morgan fingerprint density at radius 1 is 1.64 bits per heavy atom. The van der Waals surface area contributed by atoms with Crippen LogP contribution in [0.25, 0.3) is 0 Å². The average molecular weight is 236 g/mol. The Morgan fingerprint density at radius 2 is 2.29 bits per heavy atom. The standard InChI is InChI=1S/C8H16N2O2S2/c1-2-7-3-4-10(5-7)14(11,12)6-8(9)13/h7H,2-6H2,1H3,(H2,9,13). The molecule has 0 aliphatic carbocycles. The van der Waals surface area contributed by atoms with Crippen molar-refractivity contribution >= 4 is 27.2 Å². The van der Waals surface area contributed by atoms with Gasteiger partial charge < -0.3 is 5.73 Å². The van der Waals surface area contributed by atoms with Gasteiger partial charge in [-0.15, -0.1) is 0 Å². The molecule has 0 saturated carbocycles. The summed E-state index contributed by atoms with van der Waals surface area (Å²) < 4.78 is 24.8. The molecule has 1 aliphatic heterocycles. The Kier molecular flexibility index (Phi) is 3.86. The van der Waals surface area contributed by atoms with Crippen LogP contribution in [0.1, 0.15) is 19.8 Å². The summed E-state index contributed by atoms with van der Waals surface area (Å²) in [5.74, 6) is 0.301. The summed E-state index contributed by atoms with van der Waals surface area (Å²) in [6.45, 7) is 3.32. The first-order valence-electron chi connectivity index (χ1n) is 4.72. The van der Waals surface area contributed by atoms with Crippen LogP contribution < -0.4 is 5.73 Å². The highest BCUT2D eigenvalue weighted by Gasteiger charge is 2.30. The van der Waals surface area contributed by atoms with Gasteiger partial charge >= 0.3 is 0 Å². The molecule has 1 saturated heterocycles. The molecule has 14 heavy (non-hydrogen) atoms. The van der Waals surface area contributed by atoms with Gasteiger partial charge in [0.1, 0.15) is 5.75 Å². The molecule has 0 radical (unpaired) electrons. The van der Waals surface area contributed by atoms with Crippen LogP contribution in [0.4, 0.5) is 0 Å². The maximum Gasteiger partial charge on any atom is 0.220 e. The second kappa shape index (κ2) is 4.55. The quantitative estimate of drug-likeness (QED) is 0.715. The lowest BCUT2D eigenvalue weighted by Gasteiger charge is -2.15. The molecule has 0 aromatic heterocycles. The Morgan fingerprint density at radius 3 is 2.71 bits per heavy atom. The first-order chi connectivity index (χ1) is 6.45. The largest absolute Gasteiger partial charge is 0.392 e. The van der Waals surface area contributed by atoms with E-state index >= 15 is 0 Å². The van der Waals surface area contributed by atoms with Crippen molar-refractivity contribution in [3.8, 4) is 0 Å². The van der Waals surface area contributed by atoms with Crippen molar-refractivity contribution in [3.63, 3.8) is 0 Å². The third-order valence-electron chi connectivity index (χ3n) is 2.54. The molecule has 0 bridgehead atoms. The Labute approximate surface area is 90.5 Å². The lowest BCUT2D eigenvalue weighted by molar-refractivity contribution is 0.456. The molecule has 1 unspecified atom stereocenters. The van der Waals surface area contributed by atoms with Crippen molar-refractivity contribution in [1.29, 1.82) is 0 Å². The van der Waals surface area contributed by atoms with Crippen LogP contribution in [0.5, 0.6) is 0 Å². The third kappa shape index (κ3) is 2.90. The predicted molar refractivity (Wildman–Crippen MR) is 60.5 cm³/mol. The fraction of sp³-hybridized carbons (Fsp3) is 0.875. The molecule has 1 rings (SSSR count). The minimum atomic E-state index is -3.24. The molecular weight excluding hydrogens is 220 g/mol. The highest BCUT2D eigenvalue weighted by atomic mass is 32.2. The van der Waals surface area contributed by atoms with E-state index in [1.54, 1.807) is 0 Å². The van der Waals surface area contributed by atoms with Crippen LogP contribution in [0, 0.1) is 5.92 Å². The third-order valence-corrected chi connectivity index (χ3v) is 4.67. The van der Waals surface area contributed by atoms with E-state index in [9.17, 15) is 8.42 Å². The number of thiocarbonyl (C=S) groups is 1.